The van der Waals surface area contributed by atoms with Gasteiger partial charge in [-0.15, -0.1) is 0 Å². The van der Waals surface area contributed by atoms with E-state index in [0.29, 0.717) is 26.1 Å². The molecule has 0 N–H and O–H groups in total. The van der Waals surface area contributed by atoms with E-state index in [-0.39, 0.29) is 15.7 Å². The number of sulfone groups is 2. The summed E-state index contributed by atoms with van der Waals surface area (Å²) in [5.41, 5.74) is 0. The topological polar surface area (TPSA) is 86.7 Å². The summed E-state index contributed by atoms with van der Waals surface area (Å²) in [6.07, 6.45) is 0.878. The quantitative estimate of drug-likeness (QED) is 0.735. The molecular formula is C21H22O6S2. The Bertz CT molecular complexity index is 1110. The van der Waals surface area contributed by atoms with Crippen LogP contribution < -0.4 is 0 Å². The van der Waals surface area contributed by atoms with E-state index in [4.69, 9.17) is 9.47 Å². The van der Waals surface area contributed by atoms with Gasteiger partial charge < -0.3 is 9.47 Å². The van der Waals surface area contributed by atoms with Crippen LogP contribution in [-0.2, 0) is 29.1 Å². The maximum Gasteiger partial charge on any atom is 0.183 e. The van der Waals surface area contributed by atoms with Crippen LogP contribution >= 0.6 is 0 Å². The first-order valence-corrected chi connectivity index (χ1v) is 12.8. The molecule has 2 saturated carbocycles. The van der Waals surface area contributed by atoms with Crippen molar-refractivity contribution in [1.82, 2.24) is 0 Å². The molecule has 3 aliphatic rings. The Balaban J connectivity index is 1.65. The molecule has 0 radical (unpaired) electrons. The SMILES string of the molecule is O=S(=O)(c1ccccc1)[C@@H]1[C@@H](S(=O)(=O)c2ccccc2)[C@@H]2C[C@@H]1C1(C2)OCCO1. The van der Waals surface area contributed by atoms with Crippen molar-refractivity contribution in [1.29, 1.82) is 0 Å². The van der Waals surface area contributed by atoms with Gasteiger partial charge in [-0.25, -0.2) is 16.8 Å². The number of rotatable bonds is 4. The maximum atomic E-state index is 13.7. The summed E-state index contributed by atoms with van der Waals surface area (Å²) in [6, 6.07) is 16.2. The van der Waals surface area contributed by atoms with Crippen LogP contribution in [0.3, 0.4) is 0 Å². The lowest BCUT2D eigenvalue weighted by molar-refractivity contribution is -0.188. The second-order valence-electron chi connectivity index (χ2n) is 7.96. The average molecular weight is 435 g/mol. The van der Waals surface area contributed by atoms with Gasteiger partial charge in [0.1, 0.15) is 0 Å². The summed E-state index contributed by atoms with van der Waals surface area (Å²) in [5.74, 6) is -1.82. The standard InChI is InChI=1S/C21H22O6S2/c22-28(23,16-7-3-1-4-8-16)19-15-13-18(21(14-15)26-11-12-27-21)20(19)29(24,25)17-9-5-2-6-10-17/h1-10,15,18-20H,11-14H2/t15-,18+,19+,20+/m1/s1. The molecule has 4 atom stereocenters. The Hall–Kier alpha value is -1.74. The molecule has 1 aliphatic heterocycles. The highest BCUT2D eigenvalue weighted by atomic mass is 32.2. The molecule has 29 heavy (non-hydrogen) atoms. The van der Waals surface area contributed by atoms with Crippen molar-refractivity contribution in [3.63, 3.8) is 0 Å². The smallest absolute Gasteiger partial charge is 0.183 e. The summed E-state index contributed by atoms with van der Waals surface area (Å²) in [5, 5.41) is -2.12. The first-order valence-electron chi connectivity index (χ1n) is 9.72. The number of benzene rings is 2. The second kappa shape index (κ2) is 6.63. The zero-order valence-corrected chi connectivity index (χ0v) is 17.3. The van der Waals surface area contributed by atoms with Crippen molar-refractivity contribution < 1.29 is 26.3 Å². The predicted octanol–water partition coefficient (Wildman–Crippen LogP) is 2.45. The van der Waals surface area contributed by atoms with E-state index in [1.54, 1.807) is 36.4 Å². The molecular weight excluding hydrogens is 412 g/mol. The lowest BCUT2D eigenvalue weighted by Crippen LogP contribution is -2.54. The highest BCUT2D eigenvalue weighted by molar-refractivity contribution is 7.96. The van der Waals surface area contributed by atoms with Gasteiger partial charge in [0, 0.05) is 12.3 Å². The summed E-state index contributed by atoms with van der Waals surface area (Å²) in [6.45, 7) is 0.800. The van der Waals surface area contributed by atoms with E-state index >= 15 is 0 Å². The van der Waals surface area contributed by atoms with Crippen LogP contribution in [0.25, 0.3) is 0 Å². The summed E-state index contributed by atoms with van der Waals surface area (Å²) in [4.78, 5) is 0.298. The van der Waals surface area contributed by atoms with Gasteiger partial charge in [-0.1, -0.05) is 36.4 Å². The largest absolute Gasteiger partial charge is 0.347 e. The molecule has 2 aromatic rings. The zero-order chi connectivity index (χ0) is 20.3. The fourth-order valence-electron chi connectivity index (χ4n) is 5.40. The van der Waals surface area contributed by atoms with Crippen LogP contribution in [0.2, 0.25) is 0 Å². The van der Waals surface area contributed by atoms with Crippen LogP contribution in [0, 0.1) is 11.8 Å². The lowest BCUT2D eigenvalue weighted by Gasteiger charge is -2.40. The summed E-state index contributed by atoms with van der Waals surface area (Å²) >= 11 is 0. The van der Waals surface area contributed by atoms with Crippen molar-refractivity contribution >= 4 is 19.7 Å². The van der Waals surface area contributed by atoms with Crippen molar-refractivity contribution in [2.75, 3.05) is 13.2 Å². The predicted molar refractivity (Wildman–Crippen MR) is 106 cm³/mol. The van der Waals surface area contributed by atoms with Gasteiger partial charge >= 0.3 is 0 Å². The normalized spacial score (nSPS) is 30.8. The van der Waals surface area contributed by atoms with E-state index in [1.165, 1.54) is 24.3 Å². The van der Waals surface area contributed by atoms with Crippen molar-refractivity contribution in [3.8, 4) is 0 Å². The molecule has 2 bridgehead atoms. The van der Waals surface area contributed by atoms with Crippen molar-refractivity contribution in [3.05, 3.63) is 60.7 Å². The minimum absolute atomic E-state index is 0.138. The van der Waals surface area contributed by atoms with Crippen LogP contribution in [0.4, 0.5) is 0 Å². The van der Waals surface area contributed by atoms with Gasteiger partial charge in [0.05, 0.1) is 33.5 Å². The van der Waals surface area contributed by atoms with Gasteiger partial charge in [0.2, 0.25) is 0 Å². The average Bonchev–Trinajstić information content (AvgIpc) is 3.44. The molecule has 0 amide bonds. The van der Waals surface area contributed by atoms with Crippen LogP contribution in [0.15, 0.2) is 70.5 Å². The number of hydrogen-bond acceptors (Lipinski definition) is 6. The van der Waals surface area contributed by atoms with Gasteiger partial charge in [0.25, 0.3) is 0 Å². The Morgan fingerprint density at radius 2 is 1.21 bits per heavy atom. The molecule has 3 fully saturated rings. The summed E-state index contributed by atoms with van der Waals surface area (Å²) in [7, 11) is -7.76. The van der Waals surface area contributed by atoms with Gasteiger partial charge in [-0.3, -0.25) is 0 Å². The fourth-order valence-corrected chi connectivity index (χ4v) is 10.6. The zero-order valence-electron chi connectivity index (χ0n) is 15.7. The first kappa shape index (κ1) is 19.2. The minimum atomic E-state index is -3.91. The van der Waals surface area contributed by atoms with Gasteiger partial charge in [-0.2, -0.15) is 0 Å². The highest BCUT2D eigenvalue weighted by Crippen LogP contribution is 2.59. The highest BCUT2D eigenvalue weighted by Gasteiger charge is 2.69. The molecule has 5 rings (SSSR count). The van der Waals surface area contributed by atoms with Gasteiger partial charge in [-0.05, 0) is 36.6 Å². The lowest BCUT2D eigenvalue weighted by atomic mass is 9.93. The minimum Gasteiger partial charge on any atom is -0.347 e. The molecule has 0 unspecified atom stereocenters. The van der Waals surface area contributed by atoms with Crippen molar-refractivity contribution in [2.24, 2.45) is 11.8 Å². The van der Waals surface area contributed by atoms with Crippen molar-refractivity contribution in [2.45, 2.75) is 38.9 Å². The number of fused-ring (bicyclic) bond motifs is 3. The van der Waals surface area contributed by atoms with E-state index in [0.717, 1.165) is 0 Å². The molecule has 6 nitrogen and oxygen atoms in total. The molecule has 1 heterocycles. The molecule has 0 aromatic heterocycles. The van der Waals surface area contributed by atoms with Crippen LogP contribution in [0.1, 0.15) is 12.8 Å². The first-order chi connectivity index (χ1) is 13.9. The van der Waals surface area contributed by atoms with E-state index in [2.05, 4.69) is 0 Å². The third-order valence-electron chi connectivity index (χ3n) is 6.49. The molecule has 2 aliphatic carbocycles. The van der Waals surface area contributed by atoms with E-state index < -0.39 is 41.9 Å². The van der Waals surface area contributed by atoms with Gasteiger partial charge in [0.15, 0.2) is 25.5 Å². The third-order valence-corrected chi connectivity index (χ3v) is 11.3. The van der Waals surface area contributed by atoms with E-state index in [1.807, 2.05) is 0 Å². The maximum absolute atomic E-state index is 13.7. The second-order valence-corrected chi connectivity index (χ2v) is 12.2. The Kier molecular flexibility index (Phi) is 4.40. The third kappa shape index (κ3) is 2.80. The Labute approximate surface area is 170 Å². The molecule has 154 valence electrons. The number of hydrogen-bond donors (Lipinski definition) is 0. The molecule has 1 saturated heterocycles. The molecule has 1 spiro atoms. The molecule has 8 heteroatoms. The van der Waals surface area contributed by atoms with Crippen LogP contribution in [-0.4, -0.2) is 46.3 Å². The monoisotopic (exact) mass is 434 g/mol. The molecule has 2 aromatic carbocycles. The van der Waals surface area contributed by atoms with Crippen LogP contribution in [0.5, 0.6) is 0 Å². The number of ether oxygens (including phenoxy) is 2. The summed E-state index contributed by atoms with van der Waals surface area (Å²) < 4.78 is 66.3. The fraction of sp³-hybridized carbons (Fsp3) is 0.429. The Morgan fingerprint density at radius 1 is 0.724 bits per heavy atom. The van der Waals surface area contributed by atoms with E-state index in [9.17, 15) is 16.8 Å². The Morgan fingerprint density at radius 3 is 1.72 bits per heavy atom.